The number of esters is 1. The van der Waals surface area contributed by atoms with E-state index < -0.39 is 6.10 Å². The maximum Gasteiger partial charge on any atom is 0.348 e. The predicted molar refractivity (Wildman–Crippen MR) is 94.2 cm³/mol. The Morgan fingerprint density at radius 1 is 1.16 bits per heavy atom. The molecule has 0 spiro atoms. The van der Waals surface area contributed by atoms with Gasteiger partial charge in [-0.25, -0.2) is 4.79 Å². The normalized spacial score (nSPS) is 20.6. The zero-order valence-electron chi connectivity index (χ0n) is 13.7. The van der Waals surface area contributed by atoms with Crippen molar-refractivity contribution >= 4 is 21.9 Å². The average Bonchev–Trinajstić information content (AvgIpc) is 2.97. The predicted octanol–water partition coefficient (Wildman–Crippen LogP) is 3.83. The summed E-state index contributed by atoms with van der Waals surface area (Å²) in [5.41, 5.74) is 1.85. The molecular formula is C19H17BrO5. The third-order valence-corrected chi connectivity index (χ3v) is 5.17. The summed E-state index contributed by atoms with van der Waals surface area (Å²) < 4.78 is 23.2. The number of hydrogen-bond acceptors (Lipinski definition) is 5. The second-order valence-electron chi connectivity index (χ2n) is 6.06. The lowest BCUT2D eigenvalue weighted by molar-refractivity contribution is -0.153. The van der Waals surface area contributed by atoms with Gasteiger partial charge >= 0.3 is 5.97 Å². The standard InChI is InChI=1S/C19H17BrO5/c1-11-13-4-2-3-5-15(13)25-18(11)19(21)24-10-12-8-16-17(9-14(12)20)23-7-6-22-16/h2-5,8-9,11,18H,6-7,10H2,1H3. The highest BCUT2D eigenvalue weighted by molar-refractivity contribution is 9.10. The van der Waals surface area contributed by atoms with Crippen molar-refractivity contribution in [3.8, 4) is 17.2 Å². The molecule has 2 unspecified atom stereocenters. The van der Waals surface area contributed by atoms with Crippen LogP contribution in [-0.4, -0.2) is 25.3 Å². The number of para-hydroxylation sites is 1. The van der Waals surface area contributed by atoms with Crippen LogP contribution >= 0.6 is 15.9 Å². The molecule has 0 saturated heterocycles. The van der Waals surface area contributed by atoms with Crippen LogP contribution in [0.3, 0.4) is 0 Å². The van der Waals surface area contributed by atoms with Crippen LogP contribution < -0.4 is 14.2 Å². The highest BCUT2D eigenvalue weighted by Gasteiger charge is 2.37. The van der Waals surface area contributed by atoms with Gasteiger partial charge < -0.3 is 18.9 Å². The molecule has 2 aromatic carbocycles. The van der Waals surface area contributed by atoms with Crippen molar-refractivity contribution < 1.29 is 23.7 Å². The fraction of sp³-hybridized carbons (Fsp3) is 0.316. The molecular weight excluding hydrogens is 388 g/mol. The highest BCUT2D eigenvalue weighted by atomic mass is 79.9. The lowest BCUT2D eigenvalue weighted by Gasteiger charge is -2.20. The van der Waals surface area contributed by atoms with Crippen LogP contribution in [-0.2, 0) is 16.1 Å². The van der Waals surface area contributed by atoms with E-state index in [1.807, 2.05) is 43.3 Å². The molecule has 4 rings (SSSR count). The van der Waals surface area contributed by atoms with Crippen molar-refractivity contribution in [2.45, 2.75) is 25.6 Å². The summed E-state index contributed by atoms with van der Waals surface area (Å²) in [5, 5.41) is 0. The van der Waals surface area contributed by atoms with Gasteiger partial charge in [0.05, 0.1) is 0 Å². The molecule has 0 aliphatic carbocycles. The lowest BCUT2D eigenvalue weighted by Crippen LogP contribution is -2.29. The van der Waals surface area contributed by atoms with Crippen LogP contribution in [0.2, 0.25) is 0 Å². The summed E-state index contributed by atoms with van der Waals surface area (Å²) in [6.45, 7) is 3.15. The van der Waals surface area contributed by atoms with Crippen molar-refractivity contribution in [1.29, 1.82) is 0 Å². The van der Waals surface area contributed by atoms with Crippen LogP contribution in [0.1, 0.15) is 24.0 Å². The van der Waals surface area contributed by atoms with E-state index >= 15 is 0 Å². The van der Waals surface area contributed by atoms with Crippen LogP contribution in [0.25, 0.3) is 0 Å². The molecule has 6 heteroatoms. The smallest absolute Gasteiger partial charge is 0.348 e. The number of carbonyl (C=O) groups excluding carboxylic acids is 1. The number of benzene rings is 2. The van der Waals surface area contributed by atoms with E-state index in [2.05, 4.69) is 15.9 Å². The second-order valence-corrected chi connectivity index (χ2v) is 6.91. The van der Waals surface area contributed by atoms with Gasteiger partial charge in [-0.05, 0) is 18.2 Å². The van der Waals surface area contributed by atoms with Crippen molar-refractivity contribution in [2.24, 2.45) is 0 Å². The Balaban J connectivity index is 1.45. The Kier molecular flexibility index (Phi) is 4.29. The lowest BCUT2D eigenvalue weighted by atomic mass is 9.98. The Hall–Kier alpha value is -2.21. The SMILES string of the molecule is CC1c2ccccc2OC1C(=O)OCc1cc2c(cc1Br)OCCO2. The highest BCUT2D eigenvalue weighted by Crippen LogP contribution is 2.39. The summed E-state index contributed by atoms with van der Waals surface area (Å²) in [6.07, 6.45) is -0.617. The largest absolute Gasteiger partial charge is 0.486 e. The molecule has 0 aromatic heterocycles. The van der Waals surface area contributed by atoms with Gasteiger partial charge in [-0.15, -0.1) is 0 Å². The van der Waals surface area contributed by atoms with E-state index in [9.17, 15) is 4.79 Å². The average molecular weight is 405 g/mol. The molecule has 0 radical (unpaired) electrons. The number of ether oxygens (including phenoxy) is 4. The summed E-state index contributed by atoms with van der Waals surface area (Å²) in [6, 6.07) is 11.4. The molecule has 0 saturated carbocycles. The van der Waals surface area contributed by atoms with Crippen molar-refractivity contribution in [3.05, 3.63) is 52.0 Å². The van der Waals surface area contributed by atoms with Crippen LogP contribution in [0, 0.1) is 0 Å². The number of halogens is 1. The second kappa shape index (κ2) is 6.59. The first-order valence-corrected chi connectivity index (χ1v) is 8.93. The maximum absolute atomic E-state index is 12.5. The van der Waals surface area contributed by atoms with Gasteiger partial charge in [-0.2, -0.15) is 0 Å². The van der Waals surface area contributed by atoms with E-state index in [0.29, 0.717) is 24.7 Å². The molecule has 0 amide bonds. The van der Waals surface area contributed by atoms with Gasteiger partial charge in [0.15, 0.2) is 11.5 Å². The van der Waals surface area contributed by atoms with E-state index in [-0.39, 0.29) is 18.5 Å². The topological polar surface area (TPSA) is 54.0 Å². The van der Waals surface area contributed by atoms with E-state index in [4.69, 9.17) is 18.9 Å². The molecule has 2 aliphatic rings. The van der Waals surface area contributed by atoms with Gasteiger partial charge in [0.25, 0.3) is 0 Å². The summed E-state index contributed by atoms with van der Waals surface area (Å²) in [4.78, 5) is 12.5. The Labute approximate surface area is 154 Å². The minimum Gasteiger partial charge on any atom is -0.486 e. The van der Waals surface area contributed by atoms with Crippen molar-refractivity contribution in [1.82, 2.24) is 0 Å². The van der Waals surface area contributed by atoms with E-state index in [0.717, 1.165) is 21.3 Å². The molecule has 0 N–H and O–H groups in total. The van der Waals surface area contributed by atoms with Gasteiger partial charge in [0.1, 0.15) is 25.6 Å². The van der Waals surface area contributed by atoms with E-state index in [1.165, 1.54) is 0 Å². The molecule has 0 fully saturated rings. The van der Waals surface area contributed by atoms with Gasteiger partial charge in [0.2, 0.25) is 6.10 Å². The van der Waals surface area contributed by atoms with Gasteiger partial charge in [-0.1, -0.05) is 41.1 Å². The molecule has 2 aromatic rings. The molecule has 5 nitrogen and oxygen atoms in total. The van der Waals surface area contributed by atoms with Crippen LogP contribution in [0.15, 0.2) is 40.9 Å². The molecule has 0 bridgehead atoms. The zero-order chi connectivity index (χ0) is 17.4. The maximum atomic E-state index is 12.5. The minimum absolute atomic E-state index is 0.0348. The molecule has 2 aliphatic heterocycles. The first-order chi connectivity index (χ1) is 12.1. The number of rotatable bonds is 3. The third-order valence-electron chi connectivity index (χ3n) is 4.43. The Morgan fingerprint density at radius 3 is 2.64 bits per heavy atom. The molecule has 130 valence electrons. The number of fused-ring (bicyclic) bond motifs is 2. The monoisotopic (exact) mass is 404 g/mol. The quantitative estimate of drug-likeness (QED) is 0.727. The molecule has 2 heterocycles. The first kappa shape index (κ1) is 16.3. The van der Waals surface area contributed by atoms with Gasteiger partial charge in [-0.3, -0.25) is 0 Å². The fourth-order valence-electron chi connectivity index (χ4n) is 3.07. The van der Waals surface area contributed by atoms with E-state index in [1.54, 1.807) is 0 Å². The number of carbonyl (C=O) groups is 1. The minimum atomic E-state index is -0.617. The fourth-order valence-corrected chi connectivity index (χ4v) is 3.50. The van der Waals surface area contributed by atoms with Crippen molar-refractivity contribution in [3.63, 3.8) is 0 Å². The summed E-state index contributed by atoms with van der Waals surface area (Å²) >= 11 is 3.49. The van der Waals surface area contributed by atoms with Crippen LogP contribution in [0.5, 0.6) is 17.2 Å². The molecule has 2 atom stereocenters. The third kappa shape index (κ3) is 3.06. The zero-order valence-corrected chi connectivity index (χ0v) is 15.2. The molecule has 25 heavy (non-hydrogen) atoms. The Bertz CT molecular complexity index is 819. The first-order valence-electron chi connectivity index (χ1n) is 8.13. The number of hydrogen-bond donors (Lipinski definition) is 0. The van der Waals surface area contributed by atoms with Crippen LogP contribution in [0.4, 0.5) is 0 Å². The summed E-state index contributed by atoms with van der Waals surface area (Å²) in [5.74, 6) is 1.70. The van der Waals surface area contributed by atoms with Gasteiger partial charge in [0, 0.05) is 21.5 Å². The van der Waals surface area contributed by atoms with Crippen molar-refractivity contribution in [2.75, 3.05) is 13.2 Å². The Morgan fingerprint density at radius 2 is 1.88 bits per heavy atom. The summed E-state index contributed by atoms with van der Waals surface area (Å²) in [7, 11) is 0.